The first-order valence-electron chi connectivity index (χ1n) is 6.87. The number of carbonyl (C=O) groups excluding carboxylic acids is 1. The molecular formula is C14H26N4O. The van der Waals surface area contributed by atoms with Crippen LogP contribution >= 0.6 is 0 Å². The Balaban J connectivity index is 2.29. The molecule has 0 spiro atoms. The van der Waals surface area contributed by atoms with Crippen molar-refractivity contribution in [2.75, 3.05) is 6.54 Å². The monoisotopic (exact) mass is 266 g/mol. The van der Waals surface area contributed by atoms with Crippen molar-refractivity contribution < 1.29 is 4.79 Å². The summed E-state index contributed by atoms with van der Waals surface area (Å²) in [5.74, 6) is 0.0835. The molecule has 0 aromatic carbocycles. The summed E-state index contributed by atoms with van der Waals surface area (Å²) >= 11 is 0. The minimum Gasteiger partial charge on any atom is -0.351 e. The quantitative estimate of drug-likeness (QED) is 0.769. The summed E-state index contributed by atoms with van der Waals surface area (Å²) in [5, 5.41) is 10.6. The highest BCUT2D eigenvalue weighted by Crippen LogP contribution is 2.03. The SMILES string of the molecule is CCn1nc(C)cc1CNCCC(=O)NC(C)(C)C. The van der Waals surface area contributed by atoms with Crippen LogP contribution in [-0.4, -0.2) is 27.8 Å². The van der Waals surface area contributed by atoms with E-state index >= 15 is 0 Å². The topological polar surface area (TPSA) is 59.0 Å². The lowest BCUT2D eigenvalue weighted by Crippen LogP contribution is -2.41. The van der Waals surface area contributed by atoms with Gasteiger partial charge in [0.1, 0.15) is 0 Å². The standard InChI is InChI=1S/C14H26N4O/c1-6-18-12(9-11(2)17-18)10-15-8-7-13(19)16-14(3,4)5/h9,15H,6-8,10H2,1-5H3,(H,16,19). The molecule has 0 saturated carbocycles. The molecular weight excluding hydrogens is 240 g/mol. The average molecular weight is 266 g/mol. The molecule has 5 nitrogen and oxygen atoms in total. The summed E-state index contributed by atoms with van der Waals surface area (Å²) in [5.41, 5.74) is 2.04. The fraction of sp³-hybridized carbons (Fsp3) is 0.714. The number of amides is 1. The molecule has 1 aromatic rings. The number of carbonyl (C=O) groups is 1. The molecule has 0 aliphatic rings. The van der Waals surface area contributed by atoms with Gasteiger partial charge in [-0.15, -0.1) is 0 Å². The van der Waals surface area contributed by atoms with Gasteiger partial charge >= 0.3 is 0 Å². The van der Waals surface area contributed by atoms with E-state index in [-0.39, 0.29) is 11.4 Å². The van der Waals surface area contributed by atoms with Gasteiger partial charge in [-0.05, 0) is 40.7 Å². The maximum Gasteiger partial charge on any atom is 0.221 e. The van der Waals surface area contributed by atoms with Gasteiger partial charge in [0.15, 0.2) is 0 Å². The first-order chi connectivity index (χ1) is 8.81. The minimum atomic E-state index is -0.158. The Kier molecular flexibility index (Phi) is 5.54. The molecule has 1 heterocycles. The van der Waals surface area contributed by atoms with Gasteiger partial charge < -0.3 is 10.6 Å². The van der Waals surface area contributed by atoms with Crippen LogP contribution in [0.5, 0.6) is 0 Å². The largest absolute Gasteiger partial charge is 0.351 e. The Morgan fingerprint density at radius 3 is 2.68 bits per heavy atom. The van der Waals surface area contributed by atoms with Gasteiger partial charge in [-0.3, -0.25) is 9.48 Å². The van der Waals surface area contributed by atoms with Gasteiger partial charge in [0.05, 0.1) is 11.4 Å². The zero-order valence-electron chi connectivity index (χ0n) is 12.7. The molecule has 19 heavy (non-hydrogen) atoms. The van der Waals surface area contributed by atoms with Gasteiger partial charge in [0.25, 0.3) is 0 Å². The lowest BCUT2D eigenvalue weighted by Gasteiger charge is -2.20. The van der Waals surface area contributed by atoms with Crippen LogP contribution in [0.3, 0.4) is 0 Å². The number of aromatic nitrogens is 2. The van der Waals surface area contributed by atoms with Crippen molar-refractivity contribution in [2.45, 2.75) is 59.7 Å². The maximum absolute atomic E-state index is 11.6. The van der Waals surface area contributed by atoms with E-state index < -0.39 is 0 Å². The van der Waals surface area contributed by atoms with E-state index in [0.29, 0.717) is 13.0 Å². The van der Waals surface area contributed by atoms with Crippen LogP contribution in [0.25, 0.3) is 0 Å². The number of nitrogens with one attached hydrogen (secondary N) is 2. The first kappa shape index (κ1) is 15.7. The van der Waals surface area contributed by atoms with Crippen LogP contribution in [0.1, 0.15) is 45.5 Å². The molecule has 2 N–H and O–H groups in total. The summed E-state index contributed by atoms with van der Waals surface area (Å²) in [7, 11) is 0. The van der Waals surface area contributed by atoms with Crippen LogP contribution in [0, 0.1) is 6.92 Å². The number of aryl methyl sites for hydroxylation is 2. The summed E-state index contributed by atoms with van der Waals surface area (Å²) in [6.45, 7) is 12.3. The molecule has 0 fully saturated rings. The second kappa shape index (κ2) is 6.70. The second-order valence-corrected chi connectivity index (χ2v) is 5.82. The molecule has 1 rings (SSSR count). The fourth-order valence-corrected chi connectivity index (χ4v) is 1.91. The fourth-order valence-electron chi connectivity index (χ4n) is 1.91. The molecule has 0 radical (unpaired) electrons. The van der Waals surface area contributed by atoms with Crippen molar-refractivity contribution in [3.63, 3.8) is 0 Å². The van der Waals surface area contributed by atoms with E-state index in [9.17, 15) is 4.79 Å². The van der Waals surface area contributed by atoms with E-state index in [4.69, 9.17) is 0 Å². The van der Waals surface area contributed by atoms with Crippen molar-refractivity contribution >= 4 is 5.91 Å². The van der Waals surface area contributed by atoms with E-state index in [2.05, 4.69) is 28.7 Å². The van der Waals surface area contributed by atoms with Crippen LogP contribution in [-0.2, 0) is 17.9 Å². The molecule has 0 aliphatic heterocycles. The number of nitrogens with zero attached hydrogens (tertiary/aromatic N) is 2. The van der Waals surface area contributed by atoms with Gasteiger partial charge in [-0.1, -0.05) is 0 Å². The van der Waals surface area contributed by atoms with Crippen molar-refractivity contribution in [2.24, 2.45) is 0 Å². The van der Waals surface area contributed by atoms with E-state index in [1.807, 2.05) is 32.4 Å². The third kappa shape index (κ3) is 5.87. The Morgan fingerprint density at radius 2 is 2.11 bits per heavy atom. The van der Waals surface area contributed by atoms with Crippen molar-refractivity contribution in [3.8, 4) is 0 Å². The second-order valence-electron chi connectivity index (χ2n) is 5.82. The molecule has 0 saturated heterocycles. The van der Waals surface area contributed by atoms with Gasteiger partial charge in [-0.2, -0.15) is 5.10 Å². The van der Waals surface area contributed by atoms with Crippen LogP contribution in [0.15, 0.2) is 6.07 Å². The highest BCUT2D eigenvalue weighted by atomic mass is 16.1. The van der Waals surface area contributed by atoms with E-state index in [1.165, 1.54) is 0 Å². The highest BCUT2D eigenvalue weighted by Gasteiger charge is 2.13. The molecule has 1 aromatic heterocycles. The van der Waals surface area contributed by atoms with Crippen LogP contribution < -0.4 is 10.6 Å². The molecule has 0 bridgehead atoms. The molecule has 1 amide bonds. The zero-order chi connectivity index (χ0) is 14.5. The van der Waals surface area contributed by atoms with Crippen molar-refractivity contribution in [1.29, 1.82) is 0 Å². The Bertz CT molecular complexity index is 418. The van der Waals surface area contributed by atoms with Crippen molar-refractivity contribution in [3.05, 3.63) is 17.5 Å². The Morgan fingerprint density at radius 1 is 1.42 bits per heavy atom. The minimum absolute atomic E-state index is 0.0835. The third-order valence-corrected chi connectivity index (χ3v) is 2.63. The summed E-state index contributed by atoms with van der Waals surface area (Å²) in [6.07, 6.45) is 0.497. The molecule has 0 aliphatic carbocycles. The van der Waals surface area contributed by atoms with E-state index in [0.717, 1.165) is 24.5 Å². The third-order valence-electron chi connectivity index (χ3n) is 2.63. The van der Waals surface area contributed by atoms with Gasteiger partial charge in [0.2, 0.25) is 5.91 Å². The first-order valence-corrected chi connectivity index (χ1v) is 6.87. The number of rotatable bonds is 6. The Hall–Kier alpha value is -1.36. The molecule has 0 atom stereocenters. The van der Waals surface area contributed by atoms with Gasteiger partial charge in [0, 0.05) is 31.6 Å². The van der Waals surface area contributed by atoms with Crippen molar-refractivity contribution in [1.82, 2.24) is 20.4 Å². The summed E-state index contributed by atoms with van der Waals surface area (Å²) in [4.78, 5) is 11.6. The Labute approximate surface area is 115 Å². The zero-order valence-corrected chi connectivity index (χ0v) is 12.7. The summed E-state index contributed by atoms with van der Waals surface area (Å²) in [6, 6.07) is 2.08. The van der Waals surface area contributed by atoms with Crippen LogP contribution in [0.2, 0.25) is 0 Å². The molecule has 5 heteroatoms. The van der Waals surface area contributed by atoms with Crippen LogP contribution in [0.4, 0.5) is 0 Å². The van der Waals surface area contributed by atoms with E-state index in [1.54, 1.807) is 0 Å². The predicted molar refractivity (Wildman–Crippen MR) is 76.9 cm³/mol. The maximum atomic E-state index is 11.6. The average Bonchev–Trinajstić information content (AvgIpc) is 2.63. The number of hydrogen-bond donors (Lipinski definition) is 2. The highest BCUT2D eigenvalue weighted by molar-refractivity contribution is 5.76. The summed E-state index contributed by atoms with van der Waals surface area (Å²) < 4.78 is 1.98. The molecule has 108 valence electrons. The van der Waals surface area contributed by atoms with Gasteiger partial charge in [-0.25, -0.2) is 0 Å². The normalized spacial score (nSPS) is 11.6. The smallest absolute Gasteiger partial charge is 0.221 e. The predicted octanol–water partition coefficient (Wildman–Crippen LogP) is 1.61. The molecule has 0 unspecified atom stereocenters. The lowest BCUT2D eigenvalue weighted by molar-refractivity contribution is -0.122. The lowest BCUT2D eigenvalue weighted by atomic mass is 10.1. The number of hydrogen-bond acceptors (Lipinski definition) is 3.